The van der Waals surface area contributed by atoms with Crippen molar-refractivity contribution in [1.82, 2.24) is 5.32 Å². The quantitative estimate of drug-likeness (QED) is 0.867. The molecule has 5 heteroatoms. The molecule has 0 bridgehead atoms. The van der Waals surface area contributed by atoms with Crippen LogP contribution in [0.2, 0.25) is 0 Å². The Morgan fingerprint density at radius 3 is 2.78 bits per heavy atom. The number of hydrogen-bond acceptors (Lipinski definition) is 2. The maximum Gasteiger partial charge on any atom is 0.229 e. The molecular formula is C13H12Cl2N2O. The lowest BCUT2D eigenvalue weighted by atomic mass is 10.1. The van der Waals surface area contributed by atoms with E-state index < -0.39 is 9.75 Å². The third kappa shape index (κ3) is 2.31. The van der Waals surface area contributed by atoms with Crippen LogP contribution in [0.3, 0.4) is 0 Å². The van der Waals surface area contributed by atoms with E-state index in [0.717, 1.165) is 5.56 Å². The summed E-state index contributed by atoms with van der Waals surface area (Å²) in [5.74, 6) is -0.158. The van der Waals surface area contributed by atoms with Gasteiger partial charge in [-0.05, 0) is 31.0 Å². The van der Waals surface area contributed by atoms with Crippen molar-refractivity contribution in [2.45, 2.75) is 24.2 Å². The molecule has 1 aliphatic carbocycles. The van der Waals surface area contributed by atoms with Gasteiger partial charge in [-0.15, -0.1) is 23.2 Å². The number of carbonyl (C=O) groups is 1. The minimum absolute atomic E-state index is 0.158. The van der Waals surface area contributed by atoms with Crippen LogP contribution in [0, 0.1) is 16.7 Å². The monoisotopic (exact) mass is 282 g/mol. The van der Waals surface area contributed by atoms with Gasteiger partial charge in [0, 0.05) is 6.54 Å². The molecule has 18 heavy (non-hydrogen) atoms. The first-order chi connectivity index (χ1) is 8.39. The lowest BCUT2D eigenvalue weighted by Gasteiger charge is -2.12. The largest absolute Gasteiger partial charge is 0.351 e. The first-order valence-electron chi connectivity index (χ1n) is 5.54. The van der Waals surface area contributed by atoms with Crippen LogP contribution in [0.5, 0.6) is 0 Å². The highest BCUT2D eigenvalue weighted by Gasteiger charge is 2.67. The molecule has 1 saturated carbocycles. The van der Waals surface area contributed by atoms with E-state index in [1.54, 1.807) is 25.1 Å². The summed E-state index contributed by atoms with van der Waals surface area (Å²) < 4.78 is -0.953. The summed E-state index contributed by atoms with van der Waals surface area (Å²) >= 11 is 11.9. The molecule has 0 heterocycles. The van der Waals surface area contributed by atoms with Crippen LogP contribution in [0.1, 0.15) is 24.5 Å². The van der Waals surface area contributed by atoms with E-state index >= 15 is 0 Å². The molecule has 0 aromatic heterocycles. The molecule has 2 rings (SSSR count). The van der Waals surface area contributed by atoms with Crippen molar-refractivity contribution in [3.05, 3.63) is 35.4 Å². The average Bonchev–Trinajstić information content (AvgIpc) is 2.87. The highest BCUT2D eigenvalue weighted by atomic mass is 35.5. The summed E-state index contributed by atoms with van der Waals surface area (Å²) in [5, 5.41) is 11.6. The summed E-state index contributed by atoms with van der Waals surface area (Å²) in [6, 6.07) is 9.15. The Balaban J connectivity index is 1.97. The molecule has 1 aliphatic rings. The molecule has 0 spiro atoms. The highest BCUT2D eigenvalue weighted by molar-refractivity contribution is 6.53. The van der Waals surface area contributed by atoms with Crippen LogP contribution >= 0.6 is 23.2 Å². The van der Waals surface area contributed by atoms with Crippen LogP contribution in [0.25, 0.3) is 0 Å². The fraction of sp³-hybridized carbons (Fsp3) is 0.385. The number of nitrogens with one attached hydrogen (secondary N) is 1. The van der Waals surface area contributed by atoms with Crippen LogP contribution in [0.4, 0.5) is 0 Å². The molecule has 0 aliphatic heterocycles. The van der Waals surface area contributed by atoms with Gasteiger partial charge in [-0.3, -0.25) is 4.79 Å². The highest BCUT2D eigenvalue weighted by Crippen LogP contribution is 2.63. The molecule has 94 valence electrons. The van der Waals surface area contributed by atoms with E-state index in [0.29, 0.717) is 18.5 Å². The Kier molecular flexibility index (Phi) is 3.27. The standard InChI is InChI=1S/C13H12Cl2N2O/c1-12(8-13(12,14)15)11(18)17-7-10-4-2-3-9(5-10)6-16/h2-5H,7-8H2,1H3,(H,17,18). The molecule has 0 saturated heterocycles. The van der Waals surface area contributed by atoms with Gasteiger partial charge in [-0.25, -0.2) is 0 Å². The summed E-state index contributed by atoms with van der Waals surface area (Å²) in [5.41, 5.74) is 0.743. The molecule has 3 nitrogen and oxygen atoms in total. The van der Waals surface area contributed by atoms with Crippen LogP contribution < -0.4 is 5.32 Å². The zero-order valence-corrected chi connectivity index (χ0v) is 11.3. The average molecular weight is 283 g/mol. The number of alkyl halides is 2. The second-order valence-electron chi connectivity index (χ2n) is 4.71. The number of carbonyl (C=O) groups excluding carboxylic acids is 1. The predicted molar refractivity (Wildman–Crippen MR) is 70.2 cm³/mol. The third-order valence-corrected chi connectivity index (χ3v) is 4.37. The topological polar surface area (TPSA) is 52.9 Å². The molecule has 1 amide bonds. The van der Waals surface area contributed by atoms with Crippen LogP contribution in [-0.2, 0) is 11.3 Å². The molecule has 1 N–H and O–H groups in total. The van der Waals surface area contributed by atoms with Gasteiger partial charge in [0.2, 0.25) is 5.91 Å². The normalized spacial score (nSPS) is 24.1. The van der Waals surface area contributed by atoms with Crippen molar-refractivity contribution in [2.75, 3.05) is 0 Å². The minimum Gasteiger partial charge on any atom is -0.351 e. The second-order valence-corrected chi connectivity index (χ2v) is 6.19. The number of nitrogens with zero attached hydrogens (tertiary/aromatic N) is 1. The van der Waals surface area contributed by atoms with Gasteiger partial charge in [0.05, 0.1) is 17.0 Å². The van der Waals surface area contributed by atoms with E-state index in [2.05, 4.69) is 11.4 Å². The van der Waals surface area contributed by atoms with E-state index in [-0.39, 0.29) is 5.91 Å². The number of rotatable bonds is 3. The first-order valence-corrected chi connectivity index (χ1v) is 6.30. The molecular weight excluding hydrogens is 271 g/mol. The van der Waals surface area contributed by atoms with Crippen molar-refractivity contribution in [2.24, 2.45) is 5.41 Å². The van der Waals surface area contributed by atoms with Crippen molar-refractivity contribution in [1.29, 1.82) is 5.26 Å². The number of amides is 1. The van der Waals surface area contributed by atoms with E-state index in [1.807, 2.05) is 6.07 Å². The van der Waals surface area contributed by atoms with E-state index in [4.69, 9.17) is 28.5 Å². The molecule has 1 unspecified atom stereocenters. The smallest absolute Gasteiger partial charge is 0.229 e. The molecule has 1 fully saturated rings. The van der Waals surface area contributed by atoms with Gasteiger partial charge in [0.25, 0.3) is 0 Å². The fourth-order valence-electron chi connectivity index (χ4n) is 1.77. The zero-order valence-electron chi connectivity index (χ0n) is 9.84. The lowest BCUT2D eigenvalue weighted by molar-refractivity contribution is -0.125. The van der Waals surface area contributed by atoms with Gasteiger partial charge >= 0.3 is 0 Å². The van der Waals surface area contributed by atoms with Crippen molar-refractivity contribution in [3.8, 4) is 6.07 Å². The fourth-order valence-corrected chi connectivity index (χ4v) is 2.48. The molecule has 0 radical (unpaired) electrons. The number of hydrogen-bond donors (Lipinski definition) is 1. The SMILES string of the molecule is CC1(C(=O)NCc2cccc(C#N)c2)CC1(Cl)Cl. The summed E-state index contributed by atoms with van der Waals surface area (Å²) in [6.45, 7) is 2.11. The van der Waals surface area contributed by atoms with Gasteiger partial charge < -0.3 is 5.32 Å². The summed E-state index contributed by atoms with van der Waals surface area (Å²) in [6.07, 6.45) is 0.465. The zero-order chi connectivity index (χ0) is 13.4. The second kappa shape index (κ2) is 4.46. The minimum atomic E-state index is -0.953. The summed E-state index contributed by atoms with van der Waals surface area (Å²) in [7, 11) is 0. The van der Waals surface area contributed by atoms with E-state index in [1.165, 1.54) is 0 Å². The van der Waals surface area contributed by atoms with E-state index in [9.17, 15) is 4.79 Å². The van der Waals surface area contributed by atoms with Crippen molar-refractivity contribution >= 4 is 29.1 Å². The van der Waals surface area contributed by atoms with Gasteiger partial charge in [0.1, 0.15) is 4.33 Å². The number of nitriles is 1. The van der Waals surface area contributed by atoms with Crippen LogP contribution in [-0.4, -0.2) is 10.2 Å². The molecule has 1 atom stereocenters. The Bertz CT molecular complexity index is 536. The maximum atomic E-state index is 11.9. The van der Waals surface area contributed by atoms with Crippen molar-refractivity contribution < 1.29 is 4.79 Å². The third-order valence-electron chi connectivity index (χ3n) is 3.27. The van der Waals surface area contributed by atoms with Crippen LogP contribution in [0.15, 0.2) is 24.3 Å². The Labute approximate surface area is 116 Å². The Morgan fingerprint density at radius 1 is 1.56 bits per heavy atom. The Hall–Kier alpha value is -1.24. The number of halogens is 2. The van der Waals surface area contributed by atoms with Gasteiger partial charge in [0.15, 0.2) is 0 Å². The van der Waals surface area contributed by atoms with Gasteiger partial charge in [-0.1, -0.05) is 12.1 Å². The Morgan fingerprint density at radius 2 is 2.22 bits per heavy atom. The molecule has 1 aromatic carbocycles. The molecule has 1 aromatic rings. The number of benzene rings is 1. The first kappa shape index (κ1) is 13.2. The summed E-state index contributed by atoms with van der Waals surface area (Å²) in [4.78, 5) is 11.9. The van der Waals surface area contributed by atoms with Crippen molar-refractivity contribution in [3.63, 3.8) is 0 Å². The maximum absolute atomic E-state index is 11.9. The van der Waals surface area contributed by atoms with Gasteiger partial charge in [-0.2, -0.15) is 5.26 Å². The lowest BCUT2D eigenvalue weighted by Crippen LogP contribution is -2.32. The predicted octanol–water partition coefficient (Wildman–Crippen LogP) is 2.76.